The Hall–Kier alpha value is -5.18. The molecule has 0 aliphatic carbocycles. The number of ether oxygens (including phenoxy) is 2. The molecule has 2 N–H and O–H groups in total. The Balaban J connectivity index is 1.31. The lowest BCUT2D eigenvalue weighted by atomic mass is 10.1. The number of halogens is 1. The number of fused-ring (bicyclic) bond motifs is 1. The van der Waals surface area contributed by atoms with Crippen molar-refractivity contribution in [2.45, 2.75) is 13.0 Å². The number of rotatable bonds is 7. The summed E-state index contributed by atoms with van der Waals surface area (Å²) in [6.07, 6.45) is 2.64. The van der Waals surface area contributed by atoms with Gasteiger partial charge in [-0.05, 0) is 37.3 Å². The average molecular weight is 544 g/mol. The average Bonchev–Trinajstić information content (AvgIpc) is 3.39. The van der Waals surface area contributed by atoms with Crippen LogP contribution in [0.3, 0.4) is 0 Å². The third kappa shape index (κ3) is 5.35. The number of hydrogen-bond donors (Lipinski definition) is 1. The predicted octanol–water partition coefficient (Wildman–Crippen LogP) is 3.29. The first-order valence-corrected chi connectivity index (χ1v) is 12.6. The third-order valence-corrected chi connectivity index (χ3v) is 6.62. The Bertz CT molecular complexity index is 1570. The summed E-state index contributed by atoms with van der Waals surface area (Å²) < 4.78 is 25.8. The minimum absolute atomic E-state index is 0.338. The van der Waals surface area contributed by atoms with Gasteiger partial charge in [-0.15, -0.1) is 0 Å². The first-order valence-electron chi connectivity index (χ1n) is 12.6. The SMILES string of the molecule is CCOc1cc(-c2ccc(N3CCN(C(=O)C(OC(N)=O)c4ccc(F)cc4)CC3)nc2)c2c(C#N)cnn2c1. The molecule has 11 nitrogen and oxygen atoms in total. The monoisotopic (exact) mass is 543 g/mol. The molecule has 5 rings (SSSR count). The lowest BCUT2D eigenvalue weighted by Crippen LogP contribution is -2.50. The molecular formula is C28H26FN7O4. The van der Waals surface area contributed by atoms with Crippen LogP contribution in [0, 0.1) is 17.1 Å². The second kappa shape index (κ2) is 11.3. The molecule has 0 spiro atoms. The predicted molar refractivity (Wildman–Crippen MR) is 143 cm³/mol. The van der Waals surface area contributed by atoms with Crippen molar-refractivity contribution in [1.29, 1.82) is 5.26 Å². The highest BCUT2D eigenvalue weighted by Crippen LogP contribution is 2.31. The molecule has 0 saturated carbocycles. The largest absolute Gasteiger partial charge is 0.492 e. The molecule has 2 amide bonds. The lowest BCUT2D eigenvalue weighted by Gasteiger charge is -2.36. The Labute approximate surface area is 229 Å². The Morgan fingerprint density at radius 1 is 1.12 bits per heavy atom. The zero-order chi connectivity index (χ0) is 28.2. The Morgan fingerprint density at radius 2 is 1.88 bits per heavy atom. The summed E-state index contributed by atoms with van der Waals surface area (Å²) in [5, 5.41) is 13.8. The first kappa shape index (κ1) is 26.4. The molecule has 1 aromatic carbocycles. The number of anilines is 1. The minimum atomic E-state index is -1.26. The minimum Gasteiger partial charge on any atom is -0.492 e. The molecule has 1 fully saturated rings. The second-order valence-corrected chi connectivity index (χ2v) is 9.07. The molecule has 1 saturated heterocycles. The molecule has 204 valence electrons. The highest BCUT2D eigenvalue weighted by atomic mass is 19.1. The number of pyridine rings is 2. The number of amides is 2. The Kier molecular flexibility index (Phi) is 7.46. The van der Waals surface area contributed by atoms with Crippen molar-refractivity contribution in [3.8, 4) is 22.9 Å². The second-order valence-electron chi connectivity index (χ2n) is 9.07. The van der Waals surface area contributed by atoms with Crippen LogP contribution < -0.4 is 15.4 Å². The molecular weight excluding hydrogens is 517 g/mol. The summed E-state index contributed by atoms with van der Waals surface area (Å²) >= 11 is 0. The summed E-state index contributed by atoms with van der Waals surface area (Å²) in [7, 11) is 0. The van der Waals surface area contributed by atoms with Crippen molar-refractivity contribution in [1.82, 2.24) is 19.5 Å². The fraction of sp³-hybridized carbons (Fsp3) is 0.250. The first-order chi connectivity index (χ1) is 19.4. The van der Waals surface area contributed by atoms with Crippen molar-refractivity contribution in [2.24, 2.45) is 5.73 Å². The van der Waals surface area contributed by atoms with Gasteiger partial charge in [0.2, 0.25) is 6.10 Å². The fourth-order valence-corrected chi connectivity index (χ4v) is 4.71. The topological polar surface area (TPSA) is 139 Å². The molecule has 0 bridgehead atoms. The number of aromatic nitrogens is 3. The highest BCUT2D eigenvalue weighted by molar-refractivity contribution is 5.86. The van der Waals surface area contributed by atoms with E-state index in [2.05, 4.69) is 16.2 Å². The van der Waals surface area contributed by atoms with Crippen LogP contribution in [0.15, 0.2) is 61.1 Å². The summed E-state index contributed by atoms with van der Waals surface area (Å²) in [6, 6.07) is 13.0. The van der Waals surface area contributed by atoms with Crippen LogP contribution in [0.2, 0.25) is 0 Å². The molecule has 0 radical (unpaired) electrons. The molecule has 1 atom stereocenters. The van der Waals surface area contributed by atoms with Gasteiger partial charge in [0.15, 0.2) is 0 Å². The molecule has 4 heterocycles. The van der Waals surface area contributed by atoms with E-state index in [1.54, 1.807) is 21.8 Å². The van der Waals surface area contributed by atoms with Crippen LogP contribution in [0.1, 0.15) is 24.2 Å². The summed E-state index contributed by atoms with van der Waals surface area (Å²) in [5.74, 6) is 0.455. The maximum Gasteiger partial charge on any atom is 0.405 e. The van der Waals surface area contributed by atoms with Crippen molar-refractivity contribution >= 4 is 23.3 Å². The standard InChI is InChI=1S/C28H26FN7O4/c1-2-39-22-13-23(25-20(14-30)16-33-36(25)17-22)19-5-8-24(32-15-19)34-9-11-35(12-10-34)27(37)26(40-28(31)38)18-3-6-21(29)7-4-18/h3-8,13,15-17,26H,2,9-12H2,1H3,(H2,31,38). The van der Waals surface area contributed by atoms with Crippen molar-refractivity contribution in [2.75, 3.05) is 37.7 Å². The van der Waals surface area contributed by atoms with Gasteiger partial charge in [0.05, 0.1) is 30.1 Å². The summed E-state index contributed by atoms with van der Waals surface area (Å²) in [5.41, 5.74) is 8.22. The van der Waals surface area contributed by atoms with E-state index in [-0.39, 0.29) is 0 Å². The molecule has 1 aliphatic heterocycles. The Morgan fingerprint density at radius 3 is 2.50 bits per heavy atom. The summed E-state index contributed by atoms with van der Waals surface area (Å²) in [6.45, 7) is 4.10. The van der Waals surface area contributed by atoms with Gasteiger partial charge in [-0.25, -0.2) is 18.7 Å². The normalized spacial score (nSPS) is 14.0. The zero-order valence-electron chi connectivity index (χ0n) is 21.7. The number of carbonyl (C=O) groups excluding carboxylic acids is 2. The third-order valence-electron chi connectivity index (χ3n) is 6.62. The molecule has 40 heavy (non-hydrogen) atoms. The number of carbonyl (C=O) groups is 2. The number of nitrogens with two attached hydrogens (primary N) is 1. The van der Waals surface area contributed by atoms with Gasteiger partial charge in [0.25, 0.3) is 5.91 Å². The maximum absolute atomic E-state index is 13.4. The van der Waals surface area contributed by atoms with E-state index in [1.165, 1.54) is 30.5 Å². The number of nitriles is 1. The maximum atomic E-state index is 13.4. The van der Waals surface area contributed by atoms with Crippen LogP contribution >= 0.6 is 0 Å². The molecule has 4 aromatic rings. The van der Waals surface area contributed by atoms with Crippen molar-refractivity contribution in [3.05, 3.63) is 78.0 Å². The number of hydrogen-bond acceptors (Lipinski definition) is 8. The van der Waals surface area contributed by atoms with Gasteiger partial charge in [0, 0.05) is 49.1 Å². The van der Waals surface area contributed by atoms with E-state index >= 15 is 0 Å². The van der Waals surface area contributed by atoms with E-state index in [1.807, 2.05) is 30.0 Å². The van der Waals surface area contributed by atoms with Crippen LogP contribution in [-0.4, -0.2) is 64.3 Å². The highest BCUT2D eigenvalue weighted by Gasteiger charge is 2.31. The number of primary amides is 1. The van der Waals surface area contributed by atoms with E-state index in [4.69, 9.17) is 15.2 Å². The van der Waals surface area contributed by atoms with Crippen LogP contribution in [0.4, 0.5) is 15.0 Å². The molecule has 3 aromatic heterocycles. The lowest BCUT2D eigenvalue weighted by molar-refractivity contribution is -0.140. The van der Waals surface area contributed by atoms with Gasteiger partial charge in [-0.1, -0.05) is 12.1 Å². The fourth-order valence-electron chi connectivity index (χ4n) is 4.71. The van der Waals surface area contributed by atoms with E-state index in [9.17, 15) is 19.2 Å². The molecule has 12 heteroatoms. The van der Waals surface area contributed by atoms with Crippen LogP contribution in [-0.2, 0) is 9.53 Å². The van der Waals surface area contributed by atoms with Gasteiger partial charge in [-0.2, -0.15) is 10.4 Å². The van der Waals surface area contributed by atoms with Crippen molar-refractivity contribution < 1.29 is 23.5 Å². The van der Waals surface area contributed by atoms with Crippen LogP contribution in [0.25, 0.3) is 16.6 Å². The van der Waals surface area contributed by atoms with Crippen LogP contribution in [0.5, 0.6) is 5.75 Å². The number of nitrogens with zero attached hydrogens (tertiary/aromatic N) is 6. The van der Waals surface area contributed by atoms with E-state index in [0.717, 1.165) is 16.9 Å². The van der Waals surface area contributed by atoms with Crippen molar-refractivity contribution in [3.63, 3.8) is 0 Å². The number of benzene rings is 1. The van der Waals surface area contributed by atoms with Gasteiger partial charge in [-0.3, -0.25) is 4.79 Å². The van der Waals surface area contributed by atoms with Gasteiger partial charge in [0.1, 0.15) is 23.5 Å². The molecule has 1 unspecified atom stereocenters. The smallest absolute Gasteiger partial charge is 0.405 e. The summed E-state index contributed by atoms with van der Waals surface area (Å²) in [4.78, 5) is 32.9. The quantitative estimate of drug-likeness (QED) is 0.375. The zero-order valence-corrected chi connectivity index (χ0v) is 21.7. The van der Waals surface area contributed by atoms with Gasteiger partial charge >= 0.3 is 6.09 Å². The molecule has 1 aliphatic rings. The van der Waals surface area contributed by atoms with E-state index in [0.29, 0.717) is 55.2 Å². The van der Waals surface area contributed by atoms with E-state index < -0.39 is 23.9 Å². The van der Waals surface area contributed by atoms with Gasteiger partial charge < -0.3 is 25.0 Å². The number of piperazine rings is 1.